The first-order valence-electron chi connectivity index (χ1n) is 5.45. The molecule has 1 aliphatic heterocycles. The van der Waals surface area contributed by atoms with Crippen molar-refractivity contribution in [2.24, 2.45) is 5.92 Å². The van der Waals surface area contributed by atoms with Gasteiger partial charge in [0.15, 0.2) is 0 Å². The molecule has 0 saturated heterocycles. The quantitative estimate of drug-likeness (QED) is 0.697. The molecule has 0 aromatic rings. The maximum atomic E-state index is 11.6. The summed E-state index contributed by atoms with van der Waals surface area (Å²) in [7, 11) is 0. The van der Waals surface area contributed by atoms with Gasteiger partial charge in [0.2, 0.25) is 0 Å². The van der Waals surface area contributed by atoms with Gasteiger partial charge in [-0.3, -0.25) is 4.79 Å². The van der Waals surface area contributed by atoms with Crippen LogP contribution in [-0.4, -0.2) is 24.1 Å². The summed E-state index contributed by atoms with van der Waals surface area (Å²) in [6.45, 7) is 2.37. The minimum atomic E-state index is 0.000207. The number of carbonyl (C=O) groups is 1. The fraction of sp³-hybridized carbons (Fsp3) is 0.727. The van der Waals surface area contributed by atoms with Crippen LogP contribution >= 0.6 is 23.5 Å². The van der Waals surface area contributed by atoms with E-state index in [0.29, 0.717) is 6.61 Å². The van der Waals surface area contributed by atoms with Crippen LogP contribution in [0.5, 0.6) is 0 Å². The minimum absolute atomic E-state index is 0.000207. The highest BCUT2D eigenvalue weighted by Gasteiger charge is 2.29. The van der Waals surface area contributed by atoms with E-state index in [1.54, 1.807) is 0 Å². The number of hydrogen-bond donors (Lipinski definition) is 0. The summed E-state index contributed by atoms with van der Waals surface area (Å²) in [5, 5.41) is 0. The highest BCUT2D eigenvalue weighted by Crippen LogP contribution is 2.44. The van der Waals surface area contributed by atoms with E-state index in [-0.39, 0.29) is 11.9 Å². The SMILES string of the molecule is CCOC(=O)[C@H]1CCC2=C(C1)SCCS2. The lowest BCUT2D eigenvalue weighted by Crippen LogP contribution is -2.22. The number of rotatable bonds is 2. The molecule has 1 atom stereocenters. The average Bonchev–Trinajstić information content (AvgIpc) is 2.29. The number of esters is 1. The molecule has 0 saturated carbocycles. The fourth-order valence-corrected chi connectivity index (χ4v) is 4.57. The third-order valence-corrected chi connectivity index (χ3v) is 5.48. The van der Waals surface area contributed by atoms with E-state index in [9.17, 15) is 4.79 Å². The van der Waals surface area contributed by atoms with E-state index in [1.165, 1.54) is 21.3 Å². The molecule has 84 valence electrons. The Morgan fingerprint density at radius 1 is 1.40 bits per heavy atom. The van der Waals surface area contributed by atoms with Gasteiger partial charge in [0.25, 0.3) is 0 Å². The average molecular weight is 244 g/mol. The highest BCUT2D eigenvalue weighted by molar-refractivity contribution is 8.10. The molecule has 0 spiro atoms. The predicted molar refractivity (Wildman–Crippen MR) is 65.9 cm³/mol. The van der Waals surface area contributed by atoms with Gasteiger partial charge in [-0.25, -0.2) is 0 Å². The minimum Gasteiger partial charge on any atom is -0.466 e. The summed E-state index contributed by atoms with van der Waals surface area (Å²) in [5.41, 5.74) is 0. The van der Waals surface area contributed by atoms with Crippen LogP contribution < -0.4 is 0 Å². The summed E-state index contributed by atoms with van der Waals surface area (Å²) in [5.74, 6) is 2.54. The standard InChI is InChI=1S/C11H16O2S2/c1-2-13-11(12)8-3-4-9-10(7-8)15-6-5-14-9/h8H,2-7H2,1H3/t8-/m0/s1. The lowest BCUT2D eigenvalue weighted by molar-refractivity contribution is -0.148. The zero-order chi connectivity index (χ0) is 10.7. The monoisotopic (exact) mass is 244 g/mol. The van der Waals surface area contributed by atoms with Crippen LogP contribution in [0.25, 0.3) is 0 Å². The van der Waals surface area contributed by atoms with Crippen LogP contribution in [0.15, 0.2) is 9.81 Å². The fourth-order valence-electron chi connectivity index (χ4n) is 1.97. The third-order valence-electron chi connectivity index (χ3n) is 2.72. The van der Waals surface area contributed by atoms with E-state index in [1.807, 2.05) is 30.4 Å². The van der Waals surface area contributed by atoms with Gasteiger partial charge in [-0.1, -0.05) is 0 Å². The summed E-state index contributed by atoms with van der Waals surface area (Å²) in [4.78, 5) is 14.6. The summed E-state index contributed by atoms with van der Waals surface area (Å²) < 4.78 is 5.08. The van der Waals surface area contributed by atoms with Gasteiger partial charge < -0.3 is 4.74 Å². The van der Waals surface area contributed by atoms with E-state index in [2.05, 4.69) is 0 Å². The van der Waals surface area contributed by atoms with E-state index in [0.717, 1.165) is 19.3 Å². The molecule has 0 N–H and O–H groups in total. The molecule has 0 unspecified atom stereocenters. The molecule has 2 rings (SSSR count). The first-order chi connectivity index (χ1) is 7.31. The normalized spacial score (nSPS) is 26.1. The van der Waals surface area contributed by atoms with Gasteiger partial charge in [0.05, 0.1) is 12.5 Å². The van der Waals surface area contributed by atoms with E-state index in [4.69, 9.17) is 4.74 Å². The summed E-state index contributed by atoms with van der Waals surface area (Å²) >= 11 is 3.92. The van der Waals surface area contributed by atoms with Gasteiger partial charge in [0, 0.05) is 11.5 Å². The molecule has 0 aromatic heterocycles. The molecule has 0 bridgehead atoms. The molecule has 0 fully saturated rings. The molecule has 2 nitrogen and oxygen atoms in total. The van der Waals surface area contributed by atoms with Crippen molar-refractivity contribution in [2.45, 2.75) is 26.2 Å². The van der Waals surface area contributed by atoms with Crippen molar-refractivity contribution >= 4 is 29.5 Å². The van der Waals surface area contributed by atoms with Crippen LogP contribution in [0.3, 0.4) is 0 Å². The van der Waals surface area contributed by atoms with Gasteiger partial charge in [-0.2, -0.15) is 0 Å². The Hall–Kier alpha value is -0.0900. The van der Waals surface area contributed by atoms with E-state index >= 15 is 0 Å². The second kappa shape index (κ2) is 5.30. The molecular formula is C11H16O2S2. The molecule has 2 aliphatic rings. The second-order valence-electron chi connectivity index (χ2n) is 3.74. The predicted octanol–water partition coefficient (Wildman–Crippen LogP) is 3.04. The van der Waals surface area contributed by atoms with Crippen LogP contribution in [-0.2, 0) is 9.53 Å². The lowest BCUT2D eigenvalue weighted by Gasteiger charge is -2.28. The Labute approximate surface area is 99.2 Å². The summed E-state index contributed by atoms with van der Waals surface area (Å²) in [6.07, 6.45) is 2.98. The molecule has 0 aromatic carbocycles. The number of carbonyl (C=O) groups excluding carboxylic acids is 1. The van der Waals surface area contributed by atoms with Crippen molar-refractivity contribution in [2.75, 3.05) is 18.1 Å². The lowest BCUT2D eigenvalue weighted by atomic mass is 9.94. The maximum absolute atomic E-state index is 11.6. The van der Waals surface area contributed by atoms with Crippen LogP contribution in [0.1, 0.15) is 26.2 Å². The maximum Gasteiger partial charge on any atom is 0.309 e. The molecular weight excluding hydrogens is 228 g/mol. The Morgan fingerprint density at radius 3 is 2.87 bits per heavy atom. The molecule has 0 radical (unpaired) electrons. The second-order valence-corrected chi connectivity index (χ2v) is 6.11. The Kier molecular flexibility index (Phi) is 4.03. The van der Waals surface area contributed by atoms with Crippen LogP contribution in [0.4, 0.5) is 0 Å². The van der Waals surface area contributed by atoms with Gasteiger partial charge >= 0.3 is 5.97 Å². The largest absolute Gasteiger partial charge is 0.466 e. The number of allylic oxidation sites excluding steroid dienone is 2. The zero-order valence-electron chi connectivity index (χ0n) is 8.95. The highest BCUT2D eigenvalue weighted by atomic mass is 32.2. The third kappa shape index (κ3) is 2.72. The van der Waals surface area contributed by atoms with Crippen molar-refractivity contribution in [3.8, 4) is 0 Å². The van der Waals surface area contributed by atoms with Gasteiger partial charge in [-0.15, -0.1) is 23.5 Å². The summed E-state index contributed by atoms with van der Waals surface area (Å²) in [6, 6.07) is 0. The van der Waals surface area contributed by atoms with Gasteiger partial charge in [-0.05, 0) is 36.0 Å². The molecule has 15 heavy (non-hydrogen) atoms. The molecule has 0 amide bonds. The van der Waals surface area contributed by atoms with Crippen molar-refractivity contribution in [3.63, 3.8) is 0 Å². The van der Waals surface area contributed by atoms with Crippen LogP contribution in [0, 0.1) is 5.92 Å². The number of hydrogen-bond acceptors (Lipinski definition) is 4. The first kappa shape index (κ1) is 11.4. The smallest absolute Gasteiger partial charge is 0.309 e. The van der Waals surface area contributed by atoms with Crippen molar-refractivity contribution < 1.29 is 9.53 Å². The zero-order valence-corrected chi connectivity index (χ0v) is 10.6. The number of ether oxygens (including phenoxy) is 1. The van der Waals surface area contributed by atoms with Crippen molar-refractivity contribution in [1.82, 2.24) is 0 Å². The van der Waals surface area contributed by atoms with Crippen molar-refractivity contribution in [1.29, 1.82) is 0 Å². The van der Waals surface area contributed by atoms with E-state index < -0.39 is 0 Å². The molecule has 1 heterocycles. The Bertz CT molecular complexity index is 286. The van der Waals surface area contributed by atoms with Gasteiger partial charge in [0.1, 0.15) is 0 Å². The molecule has 4 heteroatoms. The number of thioether (sulfide) groups is 2. The topological polar surface area (TPSA) is 26.3 Å². The molecule has 1 aliphatic carbocycles. The Balaban J connectivity index is 1.98. The first-order valence-corrected chi connectivity index (χ1v) is 7.42. The van der Waals surface area contributed by atoms with Crippen LogP contribution in [0.2, 0.25) is 0 Å². The Morgan fingerprint density at radius 2 is 2.13 bits per heavy atom. The van der Waals surface area contributed by atoms with Crippen molar-refractivity contribution in [3.05, 3.63) is 9.81 Å².